The number of alkyl carbamates (subject to hydrolysis) is 1. The summed E-state index contributed by atoms with van der Waals surface area (Å²) < 4.78 is 10.8. The van der Waals surface area contributed by atoms with Gasteiger partial charge in [-0.2, -0.15) is 4.98 Å². The first-order valence-electron chi connectivity index (χ1n) is 8.90. The average molecular weight is 336 g/mol. The molecule has 1 aromatic rings. The fourth-order valence-corrected chi connectivity index (χ4v) is 3.07. The number of nitrogens with one attached hydrogen (secondary N) is 1. The van der Waals surface area contributed by atoms with Crippen LogP contribution in [0.5, 0.6) is 0 Å². The molecule has 2 atom stereocenters. The molecule has 0 aromatic carbocycles. The van der Waals surface area contributed by atoms with Crippen molar-refractivity contribution in [3.05, 3.63) is 5.82 Å². The number of anilines is 1. The van der Waals surface area contributed by atoms with Crippen LogP contribution >= 0.6 is 0 Å². The Balaban J connectivity index is 1.55. The van der Waals surface area contributed by atoms with Crippen LogP contribution in [-0.2, 0) is 4.74 Å². The number of rotatable bonds is 4. The number of amides is 1. The van der Waals surface area contributed by atoms with E-state index in [1.54, 1.807) is 0 Å². The topological polar surface area (TPSA) is 80.5 Å². The van der Waals surface area contributed by atoms with Crippen molar-refractivity contribution in [3.8, 4) is 0 Å². The van der Waals surface area contributed by atoms with Crippen molar-refractivity contribution in [3.63, 3.8) is 0 Å². The largest absolute Gasteiger partial charge is 0.444 e. The zero-order chi connectivity index (χ0) is 17.3. The third-order valence-corrected chi connectivity index (χ3v) is 4.55. The normalized spacial score (nSPS) is 23.0. The average Bonchev–Trinajstić information content (AvgIpc) is 3.23. The molecule has 134 valence electrons. The maximum absolute atomic E-state index is 12.0. The second kappa shape index (κ2) is 6.61. The molecule has 1 aliphatic carbocycles. The minimum atomic E-state index is -0.481. The van der Waals surface area contributed by atoms with Crippen LogP contribution < -0.4 is 10.2 Å². The fourth-order valence-electron chi connectivity index (χ4n) is 3.07. The van der Waals surface area contributed by atoms with Crippen molar-refractivity contribution in [1.82, 2.24) is 15.5 Å². The molecule has 0 bridgehead atoms. The second-order valence-electron chi connectivity index (χ2n) is 7.99. The minimum absolute atomic E-state index is 0.0356. The summed E-state index contributed by atoms with van der Waals surface area (Å²) in [5.74, 6) is 1.67. The van der Waals surface area contributed by atoms with Crippen molar-refractivity contribution in [2.24, 2.45) is 5.92 Å². The molecule has 1 N–H and O–H groups in total. The molecule has 24 heavy (non-hydrogen) atoms. The van der Waals surface area contributed by atoms with Gasteiger partial charge in [0.25, 0.3) is 0 Å². The van der Waals surface area contributed by atoms with Crippen LogP contribution in [0.2, 0.25) is 0 Å². The Morgan fingerprint density at radius 1 is 1.38 bits per heavy atom. The molecule has 1 aliphatic heterocycles. The molecule has 0 radical (unpaired) electrons. The molecular formula is C17H28N4O3. The predicted octanol–water partition coefficient (Wildman–Crippen LogP) is 3.08. The van der Waals surface area contributed by atoms with E-state index < -0.39 is 5.60 Å². The van der Waals surface area contributed by atoms with E-state index in [1.807, 2.05) is 27.7 Å². The highest BCUT2D eigenvalue weighted by molar-refractivity contribution is 5.68. The zero-order valence-corrected chi connectivity index (χ0v) is 15.0. The highest BCUT2D eigenvalue weighted by Gasteiger charge is 2.32. The first-order valence-corrected chi connectivity index (χ1v) is 8.90. The lowest BCUT2D eigenvalue weighted by atomic mass is 9.92. The molecule has 0 unspecified atom stereocenters. The molecule has 2 aliphatic rings. The van der Waals surface area contributed by atoms with E-state index in [2.05, 4.69) is 20.4 Å². The summed E-state index contributed by atoms with van der Waals surface area (Å²) in [5, 5.41) is 7.05. The van der Waals surface area contributed by atoms with Crippen molar-refractivity contribution in [2.75, 3.05) is 18.0 Å². The summed E-state index contributed by atoms with van der Waals surface area (Å²) in [4.78, 5) is 18.6. The third kappa shape index (κ3) is 4.39. The van der Waals surface area contributed by atoms with Gasteiger partial charge in [-0.3, -0.25) is 0 Å². The van der Waals surface area contributed by atoms with E-state index in [4.69, 9.17) is 9.26 Å². The van der Waals surface area contributed by atoms with E-state index in [0.29, 0.717) is 17.9 Å². The standard InChI is InChI=1S/C17H28N4O3/c1-11(18-16(22)23-17(2,3)4)13-6-5-9-21(10-13)15-19-14(20-24-15)12-7-8-12/h11-13H,5-10H2,1-4H3,(H,18,22)/t11-,13-/m0/s1. The number of carbonyl (C=O) groups is 1. The van der Waals surface area contributed by atoms with Gasteiger partial charge in [0.15, 0.2) is 5.82 Å². The SMILES string of the molecule is C[C@H](NC(=O)OC(C)(C)C)[C@H]1CCCN(c2nc(C3CC3)no2)C1. The predicted molar refractivity (Wildman–Crippen MR) is 90.0 cm³/mol. The van der Waals surface area contributed by atoms with Crippen molar-refractivity contribution in [1.29, 1.82) is 0 Å². The summed E-state index contributed by atoms with van der Waals surface area (Å²) in [7, 11) is 0. The van der Waals surface area contributed by atoms with Gasteiger partial charge < -0.3 is 19.5 Å². The molecule has 1 aromatic heterocycles. The monoisotopic (exact) mass is 336 g/mol. The molecule has 3 rings (SSSR count). The number of piperidine rings is 1. The van der Waals surface area contributed by atoms with Gasteiger partial charge in [0.2, 0.25) is 0 Å². The van der Waals surface area contributed by atoms with Gasteiger partial charge >= 0.3 is 12.1 Å². The summed E-state index contributed by atoms with van der Waals surface area (Å²) in [5.41, 5.74) is -0.481. The molecule has 1 amide bonds. The highest BCUT2D eigenvalue weighted by Crippen LogP contribution is 2.39. The van der Waals surface area contributed by atoms with E-state index >= 15 is 0 Å². The van der Waals surface area contributed by atoms with Gasteiger partial charge in [-0.1, -0.05) is 5.16 Å². The molecule has 1 saturated heterocycles. The number of nitrogens with zero attached hydrogens (tertiary/aromatic N) is 3. The fraction of sp³-hybridized carbons (Fsp3) is 0.824. The van der Waals surface area contributed by atoms with Crippen molar-refractivity contribution >= 4 is 12.1 Å². The van der Waals surface area contributed by atoms with E-state index in [-0.39, 0.29) is 12.1 Å². The number of hydrogen-bond donors (Lipinski definition) is 1. The Hall–Kier alpha value is -1.79. The maximum atomic E-state index is 12.0. The van der Waals surface area contributed by atoms with Gasteiger partial charge in [0.05, 0.1) is 0 Å². The second-order valence-corrected chi connectivity index (χ2v) is 7.99. The Labute approximate surface area is 143 Å². The van der Waals surface area contributed by atoms with Gasteiger partial charge in [-0.25, -0.2) is 4.79 Å². The first kappa shape index (κ1) is 17.0. The van der Waals surface area contributed by atoms with Gasteiger partial charge in [-0.05, 0) is 59.3 Å². The number of ether oxygens (including phenoxy) is 1. The van der Waals surface area contributed by atoms with Gasteiger partial charge in [-0.15, -0.1) is 0 Å². The van der Waals surface area contributed by atoms with Crippen LogP contribution in [-0.4, -0.2) is 41.0 Å². The van der Waals surface area contributed by atoms with Crippen molar-refractivity contribution in [2.45, 2.75) is 70.9 Å². The molecule has 1 saturated carbocycles. The van der Waals surface area contributed by atoms with Gasteiger partial charge in [0, 0.05) is 25.0 Å². The third-order valence-electron chi connectivity index (χ3n) is 4.55. The number of aromatic nitrogens is 2. The lowest BCUT2D eigenvalue weighted by Crippen LogP contribution is -2.47. The Morgan fingerprint density at radius 3 is 2.79 bits per heavy atom. The van der Waals surface area contributed by atoms with Crippen LogP contribution in [0.15, 0.2) is 4.52 Å². The lowest BCUT2D eigenvalue weighted by Gasteiger charge is -2.35. The van der Waals surface area contributed by atoms with Crippen LogP contribution in [0.1, 0.15) is 65.1 Å². The quantitative estimate of drug-likeness (QED) is 0.910. The Morgan fingerprint density at radius 2 is 2.12 bits per heavy atom. The maximum Gasteiger partial charge on any atom is 0.407 e. The van der Waals surface area contributed by atoms with Crippen molar-refractivity contribution < 1.29 is 14.1 Å². The molecule has 7 heteroatoms. The first-order chi connectivity index (χ1) is 11.3. The Kier molecular flexibility index (Phi) is 4.69. The molecule has 0 spiro atoms. The number of hydrogen-bond acceptors (Lipinski definition) is 6. The Bertz CT molecular complexity index is 577. The smallest absolute Gasteiger partial charge is 0.407 e. The van der Waals surface area contributed by atoms with E-state index in [1.165, 1.54) is 12.8 Å². The van der Waals surface area contributed by atoms with Crippen LogP contribution in [0.4, 0.5) is 10.8 Å². The summed E-state index contributed by atoms with van der Waals surface area (Å²) in [6.45, 7) is 9.36. The molecule has 2 heterocycles. The zero-order valence-electron chi connectivity index (χ0n) is 15.0. The lowest BCUT2D eigenvalue weighted by molar-refractivity contribution is 0.0488. The van der Waals surface area contributed by atoms with Crippen LogP contribution in [0.25, 0.3) is 0 Å². The molecular weight excluding hydrogens is 308 g/mol. The van der Waals surface area contributed by atoms with E-state index in [0.717, 1.165) is 31.8 Å². The summed E-state index contributed by atoms with van der Waals surface area (Å²) in [6.07, 6.45) is 4.08. The van der Waals surface area contributed by atoms with E-state index in [9.17, 15) is 4.79 Å². The van der Waals surface area contributed by atoms with Gasteiger partial charge in [0.1, 0.15) is 5.60 Å². The molecule has 7 nitrogen and oxygen atoms in total. The summed E-state index contributed by atoms with van der Waals surface area (Å²) in [6, 6.07) is 0.652. The van der Waals surface area contributed by atoms with Crippen LogP contribution in [0.3, 0.4) is 0 Å². The molecule has 2 fully saturated rings. The number of carbonyl (C=O) groups excluding carboxylic acids is 1. The minimum Gasteiger partial charge on any atom is -0.444 e. The summed E-state index contributed by atoms with van der Waals surface area (Å²) >= 11 is 0. The highest BCUT2D eigenvalue weighted by atomic mass is 16.6. The van der Waals surface area contributed by atoms with Crippen LogP contribution in [0, 0.1) is 5.92 Å².